The summed E-state index contributed by atoms with van der Waals surface area (Å²) in [7, 11) is -3.02. The summed E-state index contributed by atoms with van der Waals surface area (Å²) in [5, 5.41) is 0. The first-order valence-electron chi connectivity index (χ1n) is 8.25. The first kappa shape index (κ1) is 17.0. The predicted molar refractivity (Wildman–Crippen MR) is 93.3 cm³/mol. The third kappa shape index (κ3) is 3.61. The highest BCUT2D eigenvalue weighted by Crippen LogP contribution is 2.20. The van der Waals surface area contributed by atoms with Crippen molar-refractivity contribution >= 4 is 26.8 Å². The monoisotopic (exact) mass is 349 g/mol. The molecule has 1 fully saturated rings. The standard InChI is InChI=1S/C17H23N3O3S/c1-13(2)9-20(14-7-8-24(22,23)11-14)17(21)10-19-12-18-15-5-3-4-6-16(15)19/h3-6,12-14H,7-11H2,1-2H3. The molecule has 0 saturated carbocycles. The molecule has 1 amide bonds. The number of hydrogen-bond donors (Lipinski definition) is 0. The highest BCUT2D eigenvalue weighted by atomic mass is 32.2. The van der Waals surface area contributed by atoms with Crippen LogP contribution >= 0.6 is 0 Å². The third-order valence-electron chi connectivity index (χ3n) is 4.36. The fourth-order valence-electron chi connectivity index (χ4n) is 3.24. The summed E-state index contributed by atoms with van der Waals surface area (Å²) in [6.07, 6.45) is 2.20. The second kappa shape index (κ2) is 6.55. The first-order valence-corrected chi connectivity index (χ1v) is 10.1. The van der Waals surface area contributed by atoms with Crippen LogP contribution in [-0.2, 0) is 21.2 Å². The highest BCUT2D eigenvalue weighted by Gasteiger charge is 2.34. The van der Waals surface area contributed by atoms with Gasteiger partial charge in [0.2, 0.25) is 5.91 Å². The van der Waals surface area contributed by atoms with E-state index in [1.54, 1.807) is 11.2 Å². The number of carbonyl (C=O) groups is 1. The zero-order valence-corrected chi connectivity index (χ0v) is 14.9. The quantitative estimate of drug-likeness (QED) is 0.824. The number of hydrogen-bond acceptors (Lipinski definition) is 4. The van der Waals surface area contributed by atoms with Crippen molar-refractivity contribution in [2.24, 2.45) is 5.92 Å². The van der Waals surface area contributed by atoms with Gasteiger partial charge in [-0.1, -0.05) is 26.0 Å². The first-order chi connectivity index (χ1) is 11.4. The van der Waals surface area contributed by atoms with Crippen LogP contribution in [0, 0.1) is 5.92 Å². The Morgan fingerprint density at radius 3 is 2.79 bits per heavy atom. The SMILES string of the molecule is CC(C)CN(C(=O)Cn1cnc2ccccc21)C1CCS(=O)(=O)C1. The molecule has 1 saturated heterocycles. The predicted octanol–water partition coefficient (Wildman–Crippen LogP) is 1.71. The molecule has 6 nitrogen and oxygen atoms in total. The zero-order valence-electron chi connectivity index (χ0n) is 14.1. The molecule has 7 heteroatoms. The van der Waals surface area contributed by atoms with Gasteiger partial charge in [0, 0.05) is 12.6 Å². The van der Waals surface area contributed by atoms with Gasteiger partial charge in [0.05, 0.1) is 28.9 Å². The number of fused-ring (bicyclic) bond motifs is 1. The van der Waals surface area contributed by atoms with Crippen molar-refractivity contribution < 1.29 is 13.2 Å². The van der Waals surface area contributed by atoms with Crippen LogP contribution in [-0.4, -0.2) is 52.9 Å². The van der Waals surface area contributed by atoms with Crippen molar-refractivity contribution in [2.45, 2.75) is 32.9 Å². The number of imidazole rings is 1. The van der Waals surface area contributed by atoms with Gasteiger partial charge in [0.1, 0.15) is 6.54 Å². The van der Waals surface area contributed by atoms with E-state index in [9.17, 15) is 13.2 Å². The van der Waals surface area contributed by atoms with Gasteiger partial charge in [-0.15, -0.1) is 0 Å². The van der Waals surface area contributed by atoms with Crippen LogP contribution in [0.3, 0.4) is 0 Å². The minimum atomic E-state index is -3.02. The number of sulfone groups is 1. The van der Waals surface area contributed by atoms with Crippen LogP contribution in [0.2, 0.25) is 0 Å². The lowest BCUT2D eigenvalue weighted by atomic mass is 10.1. The molecule has 1 aliphatic rings. The Morgan fingerprint density at radius 1 is 1.38 bits per heavy atom. The largest absolute Gasteiger partial charge is 0.337 e. The minimum Gasteiger partial charge on any atom is -0.337 e. The minimum absolute atomic E-state index is 0.0473. The maximum Gasteiger partial charge on any atom is 0.242 e. The van der Waals surface area contributed by atoms with Crippen molar-refractivity contribution in [1.82, 2.24) is 14.5 Å². The van der Waals surface area contributed by atoms with E-state index in [1.807, 2.05) is 42.7 Å². The fraction of sp³-hybridized carbons (Fsp3) is 0.529. The van der Waals surface area contributed by atoms with E-state index in [-0.39, 0.29) is 35.9 Å². The lowest BCUT2D eigenvalue weighted by Crippen LogP contribution is -2.44. The molecule has 130 valence electrons. The second-order valence-corrected chi connectivity index (χ2v) is 9.09. The molecule has 0 bridgehead atoms. The fourth-order valence-corrected chi connectivity index (χ4v) is 4.97. The van der Waals surface area contributed by atoms with Crippen molar-refractivity contribution in [2.75, 3.05) is 18.1 Å². The third-order valence-corrected chi connectivity index (χ3v) is 6.11. The molecule has 2 heterocycles. The van der Waals surface area contributed by atoms with Crippen LogP contribution < -0.4 is 0 Å². The molecule has 1 aromatic heterocycles. The molecule has 2 aromatic rings. The van der Waals surface area contributed by atoms with Gasteiger partial charge in [-0.2, -0.15) is 0 Å². The van der Waals surface area contributed by atoms with E-state index < -0.39 is 9.84 Å². The van der Waals surface area contributed by atoms with Gasteiger partial charge in [-0.3, -0.25) is 4.79 Å². The molecule has 1 aromatic carbocycles. The molecule has 3 rings (SSSR count). The molecule has 0 N–H and O–H groups in total. The Bertz CT molecular complexity index is 842. The zero-order chi connectivity index (χ0) is 17.3. The number of carbonyl (C=O) groups excluding carboxylic acids is 1. The number of benzene rings is 1. The summed E-state index contributed by atoms with van der Waals surface area (Å²) < 4.78 is 25.4. The summed E-state index contributed by atoms with van der Waals surface area (Å²) in [5.74, 6) is 0.495. The second-order valence-electron chi connectivity index (χ2n) is 6.86. The van der Waals surface area contributed by atoms with Crippen LogP contribution in [0.15, 0.2) is 30.6 Å². The van der Waals surface area contributed by atoms with Gasteiger partial charge in [0.25, 0.3) is 0 Å². The number of nitrogens with zero attached hydrogens (tertiary/aromatic N) is 3. The van der Waals surface area contributed by atoms with Crippen molar-refractivity contribution in [1.29, 1.82) is 0 Å². The van der Waals surface area contributed by atoms with Crippen molar-refractivity contribution in [3.8, 4) is 0 Å². The number of rotatable bonds is 5. The van der Waals surface area contributed by atoms with Crippen LogP contribution in [0.25, 0.3) is 11.0 Å². The summed E-state index contributed by atoms with van der Waals surface area (Å²) in [6, 6.07) is 7.46. The summed E-state index contributed by atoms with van der Waals surface area (Å²) in [4.78, 5) is 18.9. The Hall–Kier alpha value is -1.89. The molecule has 1 aliphatic heterocycles. The molecule has 24 heavy (non-hydrogen) atoms. The summed E-state index contributed by atoms with van der Waals surface area (Å²) in [5.41, 5.74) is 1.76. The van der Waals surface area contributed by atoms with E-state index in [4.69, 9.17) is 0 Å². The summed E-state index contributed by atoms with van der Waals surface area (Å²) >= 11 is 0. The maximum absolute atomic E-state index is 12.9. The number of para-hydroxylation sites is 2. The Labute approximate surface area is 142 Å². The highest BCUT2D eigenvalue weighted by molar-refractivity contribution is 7.91. The van der Waals surface area contributed by atoms with Gasteiger partial charge < -0.3 is 9.47 Å². The topological polar surface area (TPSA) is 72.3 Å². The molecule has 0 radical (unpaired) electrons. The Morgan fingerprint density at radius 2 is 2.12 bits per heavy atom. The normalized spacial score (nSPS) is 19.9. The molecular weight excluding hydrogens is 326 g/mol. The molecule has 1 atom stereocenters. The molecule has 1 unspecified atom stereocenters. The molecule has 0 aliphatic carbocycles. The van der Waals surface area contributed by atoms with Crippen molar-refractivity contribution in [3.63, 3.8) is 0 Å². The average molecular weight is 349 g/mol. The molecular formula is C17H23N3O3S. The van der Waals surface area contributed by atoms with E-state index in [2.05, 4.69) is 4.98 Å². The van der Waals surface area contributed by atoms with E-state index in [0.717, 1.165) is 11.0 Å². The molecule has 0 spiro atoms. The summed E-state index contributed by atoms with van der Waals surface area (Å²) in [6.45, 7) is 4.84. The average Bonchev–Trinajstić information content (AvgIpc) is 3.08. The lowest BCUT2D eigenvalue weighted by molar-refractivity contribution is -0.134. The number of amides is 1. The number of aromatic nitrogens is 2. The van der Waals surface area contributed by atoms with Gasteiger partial charge in [-0.05, 0) is 24.5 Å². The Balaban J connectivity index is 1.81. The van der Waals surface area contributed by atoms with Gasteiger partial charge in [-0.25, -0.2) is 13.4 Å². The lowest BCUT2D eigenvalue weighted by Gasteiger charge is -2.30. The van der Waals surface area contributed by atoms with Gasteiger partial charge >= 0.3 is 0 Å². The van der Waals surface area contributed by atoms with Crippen LogP contribution in [0.5, 0.6) is 0 Å². The van der Waals surface area contributed by atoms with E-state index >= 15 is 0 Å². The smallest absolute Gasteiger partial charge is 0.242 e. The van der Waals surface area contributed by atoms with Crippen molar-refractivity contribution in [3.05, 3.63) is 30.6 Å². The Kier molecular flexibility index (Phi) is 4.62. The van der Waals surface area contributed by atoms with Crippen LogP contribution in [0.4, 0.5) is 0 Å². The van der Waals surface area contributed by atoms with Crippen LogP contribution in [0.1, 0.15) is 20.3 Å². The van der Waals surface area contributed by atoms with Gasteiger partial charge in [0.15, 0.2) is 9.84 Å². The van der Waals surface area contributed by atoms with E-state index in [0.29, 0.717) is 13.0 Å². The maximum atomic E-state index is 12.9. The van der Waals surface area contributed by atoms with E-state index in [1.165, 1.54) is 0 Å².